The number of aromatic amines is 1. The number of aliphatic hydroxyl groups excluding tert-OH is 1. The summed E-state index contributed by atoms with van der Waals surface area (Å²) in [6.07, 6.45) is 3.75. The Morgan fingerprint density at radius 2 is 2.25 bits per heavy atom. The maximum absolute atomic E-state index is 10.2. The molecule has 2 atom stereocenters. The third-order valence-corrected chi connectivity index (χ3v) is 3.40. The van der Waals surface area contributed by atoms with E-state index in [-0.39, 0.29) is 6.04 Å². The highest BCUT2D eigenvalue weighted by molar-refractivity contribution is 5.79. The average Bonchev–Trinajstić information content (AvgIpc) is 2.98. The molecule has 0 amide bonds. The predicted molar refractivity (Wildman–Crippen MR) is 64.3 cm³/mol. The minimum absolute atomic E-state index is 0.215. The zero-order valence-electron chi connectivity index (χ0n) is 9.11. The van der Waals surface area contributed by atoms with Crippen LogP contribution in [0.4, 0.5) is 0 Å². The Kier molecular flexibility index (Phi) is 2.42. The molecule has 1 fully saturated rings. The van der Waals surface area contributed by atoms with Gasteiger partial charge in [0.15, 0.2) is 0 Å². The molecule has 1 saturated heterocycles. The highest BCUT2D eigenvalue weighted by atomic mass is 16.3. The Hall–Kier alpha value is -1.32. The van der Waals surface area contributed by atoms with Gasteiger partial charge < -0.3 is 15.4 Å². The van der Waals surface area contributed by atoms with Crippen molar-refractivity contribution >= 4 is 10.9 Å². The molecule has 2 heterocycles. The largest absolute Gasteiger partial charge is 0.387 e. The van der Waals surface area contributed by atoms with Crippen LogP contribution in [-0.2, 0) is 0 Å². The molecule has 0 spiro atoms. The first-order valence-electron chi connectivity index (χ1n) is 5.83. The molecule has 3 heteroatoms. The molecule has 3 nitrogen and oxygen atoms in total. The molecule has 1 aliphatic rings. The maximum atomic E-state index is 10.2. The van der Waals surface area contributed by atoms with Crippen LogP contribution in [0.15, 0.2) is 30.5 Å². The van der Waals surface area contributed by atoms with Crippen molar-refractivity contribution in [2.75, 3.05) is 6.54 Å². The molecule has 84 valence electrons. The van der Waals surface area contributed by atoms with Crippen molar-refractivity contribution in [3.8, 4) is 0 Å². The topological polar surface area (TPSA) is 48.0 Å². The second-order valence-electron chi connectivity index (χ2n) is 4.47. The summed E-state index contributed by atoms with van der Waals surface area (Å²) in [7, 11) is 0. The van der Waals surface area contributed by atoms with Gasteiger partial charge in [-0.3, -0.25) is 0 Å². The average molecular weight is 216 g/mol. The molecule has 1 aliphatic heterocycles. The second-order valence-corrected chi connectivity index (χ2v) is 4.47. The first kappa shape index (κ1) is 9.87. The second kappa shape index (κ2) is 3.92. The maximum Gasteiger partial charge on any atom is 0.0943 e. The van der Waals surface area contributed by atoms with E-state index >= 15 is 0 Å². The van der Waals surface area contributed by atoms with E-state index in [2.05, 4.69) is 16.4 Å². The number of aliphatic hydroxyl groups is 1. The smallest absolute Gasteiger partial charge is 0.0943 e. The van der Waals surface area contributed by atoms with Crippen molar-refractivity contribution in [1.82, 2.24) is 10.3 Å². The van der Waals surface area contributed by atoms with E-state index in [1.165, 1.54) is 5.39 Å². The van der Waals surface area contributed by atoms with E-state index in [1.54, 1.807) is 0 Å². The van der Waals surface area contributed by atoms with Gasteiger partial charge in [0.05, 0.1) is 6.10 Å². The molecule has 16 heavy (non-hydrogen) atoms. The number of aromatic nitrogens is 1. The van der Waals surface area contributed by atoms with Gasteiger partial charge in [0, 0.05) is 17.8 Å². The fourth-order valence-electron chi connectivity index (χ4n) is 2.46. The van der Waals surface area contributed by atoms with E-state index in [9.17, 15) is 5.11 Å². The van der Waals surface area contributed by atoms with Crippen molar-refractivity contribution in [3.05, 3.63) is 36.0 Å². The Morgan fingerprint density at radius 1 is 1.31 bits per heavy atom. The minimum Gasteiger partial charge on any atom is -0.387 e. The van der Waals surface area contributed by atoms with Crippen LogP contribution in [0.1, 0.15) is 24.5 Å². The number of nitrogens with one attached hydrogen (secondary N) is 2. The molecular weight excluding hydrogens is 200 g/mol. The molecule has 3 rings (SSSR count). The summed E-state index contributed by atoms with van der Waals surface area (Å²) in [6.45, 7) is 1.02. The summed E-state index contributed by atoms with van der Waals surface area (Å²) in [4.78, 5) is 3.17. The van der Waals surface area contributed by atoms with Crippen LogP contribution in [0.3, 0.4) is 0 Å². The van der Waals surface area contributed by atoms with Gasteiger partial charge >= 0.3 is 0 Å². The monoisotopic (exact) mass is 216 g/mol. The Labute approximate surface area is 94.5 Å². The lowest BCUT2D eigenvalue weighted by atomic mass is 10.0. The summed E-state index contributed by atoms with van der Waals surface area (Å²) in [6, 6.07) is 8.37. The molecule has 0 saturated carbocycles. The quantitative estimate of drug-likeness (QED) is 0.718. The van der Waals surface area contributed by atoms with Gasteiger partial charge in [-0.25, -0.2) is 0 Å². The van der Waals surface area contributed by atoms with E-state index in [4.69, 9.17) is 0 Å². The third-order valence-electron chi connectivity index (χ3n) is 3.40. The number of fused-ring (bicyclic) bond motifs is 1. The van der Waals surface area contributed by atoms with Gasteiger partial charge in [-0.15, -0.1) is 0 Å². The molecule has 2 unspecified atom stereocenters. The molecule has 0 bridgehead atoms. The van der Waals surface area contributed by atoms with Gasteiger partial charge in [-0.2, -0.15) is 0 Å². The molecule has 0 aliphatic carbocycles. The molecular formula is C13H16N2O. The molecule has 1 aromatic heterocycles. The predicted octanol–water partition coefficient (Wildman–Crippen LogP) is 1.95. The molecule has 2 aromatic rings. The lowest BCUT2D eigenvalue weighted by Gasteiger charge is -2.18. The Morgan fingerprint density at radius 3 is 3.06 bits per heavy atom. The number of rotatable bonds is 2. The van der Waals surface area contributed by atoms with Crippen molar-refractivity contribution in [3.63, 3.8) is 0 Å². The Bertz CT molecular complexity index is 485. The Balaban J connectivity index is 1.91. The van der Waals surface area contributed by atoms with Gasteiger partial charge in [-0.1, -0.05) is 12.1 Å². The molecule has 1 aromatic carbocycles. The van der Waals surface area contributed by atoms with Crippen molar-refractivity contribution in [1.29, 1.82) is 0 Å². The summed E-state index contributed by atoms with van der Waals surface area (Å²) in [5.41, 5.74) is 2.09. The van der Waals surface area contributed by atoms with Gasteiger partial charge in [0.2, 0.25) is 0 Å². The first-order chi connectivity index (χ1) is 7.84. The number of benzene rings is 1. The van der Waals surface area contributed by atoms with Gasteiger partial charge in [-0.05, 0) is 42.5 Å². The van der Waals surface area contributed by atoms with Crippen molar-refractivity contribution in [2.24, 2.45) is 0 Å². The fourth-order valence-corrected chi connectivity index (χ4v) is 2.46. The van der Waals surface area contributed by atoms with Crippen LogP contribution in [0.25, 0.3) is 10.9 Å². The molecule has 3 N–H and O–H groups in total. The van der Waals surface area contributed by atoms with Crippen LogP contribution in [0.5, 0.6) is 0 Å². The van der Waals surface area contributed by atoms with E-state index < -0.39 is 6.10 Å². The van der Waals surface area contributed by atoms with Gasteiger partial charge in [0.25, 0.3) is 0 Å². The fraction of sp³-hybridized carbons (Fsp3) is 0.385. The van der Waals surface area contributed by atoms with Crippen LogP contribution in [-0.4, -0.2) is 22.7 Å². The van der Waals surface area contributed by atoms with Crippen molar-refractivity contribution in [2.45, 2.75) is 25.0 Å². The van der Waals surface area contributed by atoms with Crippen LogP contribution >= 0.6 is 0 Å². The number of H-pyrrole nitrogens is 1. The van der Waals surface area contributed by atoms with Crippen LogP contribution in [0.2, 0.25) is 0 Å². The zero-order valence-corrected chi connectivity index (χ0v) is 9.11. The number of hydrogen-bond acceptors (Lipinski definition) is 2. The lowest BCUT2D eigenvalue weighted by molar-refractivity contribution is 0.137. The standard InChI is InChI=1S/C13H16N2O/c16-13(11-2-1-6-14-11)10-4-3-9-5-7-15-12(9)8-10/h3-5,7-8,11,13-16H,1-2,6H2. The normalized spacial score (nSPS) is 22.7. The lowest BCUT2D eigenvalue weighted by Crippen LogP contribution is -2.28. The zero-order chi connectivity index (χ0) is 11.0. The van der Waals surface area contributed by atoms with E-state index in [0.29, 0.717) is 0 Å². The third kappa shape index (κ3) is 1.62. The highest BCUT2D eigenvalue weighted by Gasteiger charge is 2.23. The van der Waals surface area contributed by atoms with E-state index in [0.717, 1.165) is 30.5 Å². The SMILES string of the molecule is OC(c1ccc2cc[nH]c2c1)C1CCCN1. The summed E-state index contributed by atoms with van der Waals surface area (Å²) >= 11 is 0. The summed E-state index contributed by atoms with van der Waals surface area (Å²) < 4.78 is 0. The first-order valence-corrected chi connectivity index (χ1v) is 5.83. The summed E-state index contributed by atoms with van der Waals surface area (Å²) in [5.74, 6) is 0. The van der Waals surface area contributed by atoms with Crippen molar-refractivity contribution < 1.29 is 5.11 Å². The van der Waals surface area contributed by atoms with Gasteiger partial charge in [0.1, 0.15) is 0 Å². The highest BCUT2D eigenvalue weighted by Crippen LogP contribution is 2.25. The van der Waals surface area contributed by atoms with Crippen LogP contribution < -0.4 is 5.32 Å². The van der Waals surface area contributed by atoms with E-state index in [1.807, 2.05) is 24.4 Å². The number of hydrogen-bond donors (Lipinski definition) is 3. The van der Waals surface area contributed by atoms with Crippen LogP contribution in [0, 0.1) is 0 Å². The summed E-state index contributed by atoms with van der Waals surface area (Å²) in [5, 5.41) is 14.8. The molecule has 0 radical (unpaired) electrons. The minimum atomic E-state index is -0.393.